The quantitative estimate of drug-likeness (QED) is 0.805. The first-order valence-corrected chi connectivity index (χ1v) is 7.04. The third-order valence-corrected chi connectivity index (χ3v) is 4.19. The summed E-state index contributed by atoms with van der Waals surface area (Å²) in [6.45, 7) is 3.12. The van der Waals surface area contributed by atoms with Crippen molar-refractivity contribution in [3.05, 3.63) is 29.3 Å². The number of esters is 1. The summed E-state index contributed by atoms with van der Waals surface area (Å²) >= 11 is 0. The summed E-state index contributed by atoms with van der Waals surface area (Å²) in [7, 11) is -4.47. The second-order valence-corrected chi connectivity index (χ2v) is 6.26. The first-order valence-electron chi connectivity index (χ1n) is 5.56. The van der Waals surface area contributed by atoms with E-state index in [4.69, 9.17) is 0 Å². The molecule has 1 rings (SSSR count). The van der Waals surface area contributed by atoms with Gasteiger partial charge in [0.05, 0.1) is 17.6 Å². The lowest BCUT2D eigenvalue weighted by Gasteiger charge is -2.15. The summed E-state index contributed by atoms with van der Waals surface area (Å²) in [5.74, 6) is -1.35. The Balaban J connectivity index is 3.61. The van der Waals surface area contributed by atoms with Crippen LogP contribution in [0.5, 0.6) is 0 Å². The topological polar surface area (TPSA) is 60.4 Å². The molecule has 0 aliphatic heterocycles. The van der Waals surface area contributed by atoms with Gasteiger partial charge >= 0.3 is 11.5 Å². The van der Waals surface area contributed by atoms with E-state index in [9.17, 15) is 26.4 Å². The number of ether oxygens (including phenoxy) is 1. The van der Waals surface area contributed by atoms with Crippen molar-refractivity contribution in [3.63, 3.8) is 0 Å². The second kappa shape index (κ2) is 5.43. The number of carbonyl (C=O) groups excluding carboxylic acids is 1. The van der Waals surface area contributed by atoms with Crippen LogP contribution in [-0.2, 0) is 14.6 Å². The molecule has 0 unspecified atom stereocenters. The number of benzene rings is 1. The molecule has 1 aromatic rings. The Bertz CT molecular complexity index is 618. The molecule has 1 aromatic carbocycles. The Morgan fingerprint density at radius 1 is 1.25 bits per heavy atom. The molecule has 0 heterocycles. The van der Waals surface area contributed by atoms with Gasteiger partial charge in [-0.05, 0) is 23.6 Å². The van der Waals surface area contributed by atoms with Crippen LogP contribution in [0.25, 0.3) is 0 Å². The zero-order valence-corrected chi connectivity index (χ0v) is 11.8. The molecule has 0 saturated carbocycles. The molecule has 0 atom stereocenters. The van der Waals surface area contributed by atoms with Crippen LogP contribution in [0.2, 0.25) is 0 Å². The van der Waals surface area contributed by atoms with Crippen LogP contribution in [0.1, 0.15) is 35.7 Å². The first-order chi connectivity index (χ1) is 9.02. The molecule has 112 valence electrons. The minimum Gasteiger partial charge on any atom is -0.465 e. The summed E-state index contributed by atoms with van der Waals surface area (Å²) in [6.07, 6.45) is 0. The summed E-state index contributed by atoms with van der Waals surface area (Å²) in [6, 6.07) is 3.12. The van der Waals surface area contributed by atoms with Gasteiger partial charge < -0.3 is 4.74 Å². The van der Waals surface area contributed by atoms with E-state index in [1.54, 1.807) is 13.8 Å². The average molecular weight is 310 g/mol. The number of hydrogen-bond donors (Lipinski definition) is 0. The second-order valence-electron chi connectivity index (χ2n) is 4.35. The highest BCUT2D eigenvalue weighted by Crippen LogP contribution is 2.35. The average Bonchev–Trinajstić information content (AvgIpc) is 2.35. The third kappa shape index (κ3) is 2.95. The van der Waals surface area contributed by atoms with Crippen LogP contribution in [0.4, 0.5) is 13.2 Å². The Hall–Kier alpha value is -1.57. The van der Waals surface area contributed by atoms with Crippen LogP contribution in [0.3, 0.4) is 0 Å². The van der Waals surface area contributed by atoms with Gasteiger partial charge in [-0.15, -0.1) is 0 Å². The normalized spacial score (nSPS) is 12.6. The molecule has 0 radical (unpaired) electrons. The number of alkyl halides is 3. The lowest BCUT2D eigenvalue weighted by molar-refractivity contribution is -0.0436. The van der Waals surface area contributed by atoms with Gasteiger partial charge in [-0.25, -0.2) is 13.2 Å². The molecule has 0 spiro atoms. The number of hydrogen-bond acceptors (Lipinski definition) is 4. The lowest BCUT2D eigenvalue weighted by Crippen LogP contribution is -2.25. The van der Waals surface area contributed by atoms with Crippen molar-refractivity contribution in [2.24, 2.45) is 0 Å². The van der Waals surface area contributed by atoms with E-state index in [1.807, 2.05) is 0 Å². The highest BCUT2D eigenvalue weighted by molar-refractivity contribution is 7.92. The maximum atomic E-state index is 12.7. The van der Waals surface area contributed by atoms with Crippen molar-refractivity contribution in [1.29, 1.82) is 0 Å². The highest BCUT2D eigenvalue weighted by Gasteiger charge is 2.48. The predicted molar refractivity (Wildman–Crippen MR) is 65.1 cm³/mol. The van der Waals surface area contributed by atoms with E-state index in [-0.39, 0.29) is 11.1 Å². The Labute approximate surface area is 114 Å². The van der Waals surface area contributed by atoms with Crippen LogP contribution >= 0.6 is 0 Å². The molecule has 4 nitrogen and oxygen atoms in total. The van der Waals surface area contributed by atoms with Crippen molar-refractivity contribution < 1.29 is 31.1 Å². The predicted octanol–water partition coefficient (Wildman–Crippen LogP) is 2.89. The molecule has 0 aliphatic rings. The van der Waals surface area contributed by atoms with E-state index in [0.29, 0.717) is 6.07 Å². The molecule has 0 fully saturated rings. The number of rotatable bonds is 3. The zero-order valence-electron chi connectivity index (χ0n) is 11.0. The largest absolute Gasteiger partial charge is 0.501 e. The van der Waals surface area contributed by atoms with Gasteiger partial charge in [0.2, 0.25) is 0 Å². The zero-order chi connectivity index (χ0) is 15.7. The van der Waals surface area contributed by atoms with E-state index in [0.717, 1.165) is 7.11 Å². The van der Waals surface area contributed by atoms with Crippen molar-refractivity contribution in [3.8, 4) is 0 Å². The first kappa shape index (κ1) is 16.5. The van der Waals surface area contributed by atoms with Crippen molar-refractivity contribution in [2.45, 2.75) is 30.2 Å². The van der Waals surface area contributed by atoms with Crippen LogP contribution in [-0.4, -0.2) is 27.0 Å². The summed E-state index contributed by atoms with van der Waals surface area (Å²) < 4.78 is 65.5. The molecule has 0 N–H and O–H groups in total. The SMILES string of the molecule is COC(=O)c1ccc(C(C)C)c(S(=O)(=O)C(F)(F)F)c1. The number of carbonyl (C=O) groups is 1. The van der Waals surface area contributed by atoms with Crippen molar-refractivity contribution >= 4 is 15.8 Å². The van der Waals surface area contributed by atoms with Crippen LogP contribution < -0.4 is 0 Å². The van der Waals surface area contributed by atoms with Gasteiger partial charge in [-0.3, -0.25) is 0 Å². The van der Waals surface area contributed by atoms with Crippen LogP contribution in [0, 0.1) is 0 Å². The molecule has 0 bridgehead atoms. The molecule has 0 aliphatic carbocycles. The minimum atomic E-state index is -5.52. The molecular weight excluding hydrogens is 297 g/mol. The van der Waals surface area contributed by atoms with E-state index in [1.165, 1.54) is 12.1 Å². The van der Waals surface area contributed by atoms with E-state index < -0.39 is 32.1 Å². The van der Waals surface area contributed by atoms with Crippen LogP contribution in [0.15, 0.2) is 23.1 Å². The molecule has 0 saturated heterocycles. The standard InChI is InChI=1S/C12H13F3O4S/c1-7(2)9-5-4-8(11(16)19-3)6-10(9)20(17,18)12(13,14)15/h4-7H,1-3H3. The number of methoxy groups -OCH3 is 1. The maximum absolute atomic E-state index is 12.7. The Morgan fingerprint density at radius 2 is 1.80 bits per heavy atom. The van der Waals surface area contributed by atoms with Gasteiger partial charge in [0, 0.05) is 0 Å². The third-order valence-electron chi connectivity index (χ3n) is 2.65. The van der Waals surface area contributed by atoms with E-state index in [2.05, 4.69) is 4.74 Å². The monoisotopic (exact) mass is 310 g/mol. The summed E-state index contributed by atoms with van der Waals surface area (Å²) in [4.78, 5) is 10.4. The fourth-order valence-corrected chi connectivity index (χ4v) is 2.76. The smallest absolute Gasteiger partial charge is 0.465 e. The van der Waals surface area contributed by atoms with Crippen molar-refractivity contribution in [1.82, 2.24) is 0 Å². The van der Waals surface area contributed by atoms with Gasteiger partial charge in [0.25, 0.3) is 9.84 Å². The van der Waals surface area contributed by atoms with Gasteiger partial charge in [0.15, 0.2) is 0 Å². The van der Waals surface area contributed by atoms with Crippen molar-refractivity contribution in [2.75, 3.05) is 7.11 Å². The molecule has 0 amide bonds. The summed E-state index contributed by atoms with van der Waals surface area (Å²) in [5, 5.41) is 0. The maximum Gasteiger partial charge on any atom is 0.501 e. The van der Waals surface area contributed by atoms with Gasteiger partial charge in [-0.1, -0.05) is 19.9 Å². The summed E-state index contributed by atoms with van der Waals surface area (Å²) in [5.41, 5.74) is -5.68. The fraction of sp³-hybridized carbons (Fsp3) is 0.417. The molecular formula is C12H13F3O4S. The fourth-order valence-electron chi connectivity index (χ4n) is 1.61. The minimum absolute atomic E-state index is 0.00465. The molecule has 8 heteroatoms. The number of sulfone groups is 1. The molecule has 0 aromatic heterocycles. The molecule has 20 heavy (non-hydrogen) atoms. The van der Waals surface area contributed by atoms with Gasteiger partial charge in [-0.2, -0.15) is 13.2 Å². The number of halogens is 3. The van der Waals surface area contributed by atoms with Gasteiger partial charge in [0.1, 0.15) is 0 Å². The Kier molecular flexibility index (Phi) is 4.48. The lowest BCUT2D eigenvalue weighted by atomic mass is 10.0. The Morgan fingerprint density at radius 3 is 2.20 bits per heavy atom. The van der Waals surface area contributed by atoms with E-state index >= 15 is 0 Å². The highest BCUT2D eigenvalue weighted by atomic mass is 32.2.